The summed E-state index contributed by atoms with van der Waals surface area (Å²) in [6.45, 7) is 2.17. The smallest absolute Gasteiger partial charge is 0.118 e. The number of thiophene rings is 1. The Labute approximate surface area is 112 Å². The van der Waals surface area contributed by atoms with Gasteiger partial charge in [-0.15, -0.1) is 11.3 Å². The molecule has 1 aromatic carbocycles. The molecule has 1 heterocycles. The number of ether oxygens (including phenoxy) is 1. The first-order valence-electron chi connectivity index (χ1n) is 6.19. The lowest BCUT2D eigenvalue weighted by Gasteiger charge is -2.12. The molecule has 2 nitrogen and oxygen atoms in total. The normalized spacial score (nSPS) is 12.4. The minimum absolute atomic E-state index is 0.0911. The summed E-state index contributed by atoms with van der Waals surface area (Å²) < 4.78 is 5.15. The van der Waals surface area contributed by atoms with Crippen molar-refractivity contribution in [3.8, 4) is 5.75 Å². The zero-order chi connectivity index (χ0) is 13.0. The lowest BCUT2D eigenvalue weighted by atomic mass is 10.0. The van der Waals surface area contributed by atoms with Crippen LogP contribution in [0.4, 0.5) is 0 Å². The second-order valence-corrected chi connectivity index (χ2v) is 5.27. The van der Waals surface area contributed by atoms with Crippen molar-refractivity contribution in [1.29, 1.82) is 0 Å². The van der Waals surface area contributed by atoms with E-state index in [0.717, 1.165) is 18.6 Å². The van der Waals surface area contributed by atoms with Gasteiger partial charge in [-0.2, -0.15) is 0 Å². The number of rotatable bonds is 5. The number of nitrogens with two attached hydrogens (primary N) is 1. The maximum atomic E-state index is 6.30. The van der Waals surface area contributed by atoms with Gasteiger partial charge in [0.1, 0.15) is 5.75 Å². The highest BCUT2D eigenvalue weighted by Gasteiger charge is 2.12. The SMILES string of the molecule is CCc1ccsc1C(N)Cc1ccc(OC)cc1. The van der Waals surface area contributed by atoms with Gasteiger partial charge in [-0.3, -0.25) is 0 Å². The number of hydrogen-bond donors (Lipinski definition) is 1. The van der Waals surface area contributed by atoms with Gasteiger partial charge in [0.25, 0.3) is 0 Å². The van der Waals surface area contributed by atoms with Crippen molar-refractivity contribution in [3.05, 3.63) is 51.7 Å². The molecule has 0 saturated carbocycles. The molecule has 18 heavy (non-hydrogen) atoms. The highest BCUT2D eigenvalue weighted by Crippen LogP contribution is 2.26. The molecule has 1 aromatic heterocycles. The fourth-order valence-corrected chi connectivity index (χ4v) is 3.07. The van der Waals surface area contributed by atoms with Crippen LogP contribution in [0.5, 0.6) is 5.75 Å². The molecule has 0 radical (unpaired) electrons. The summed E-state index contributed by atoms with van der Waals surface area (Å²) in [5, 5.41) is 2.13. The van der Waals surface area contributed by atoms with Gasteiger partial charge >= 0.3 is 0 Å². The maximum Gasteiger partial charge on any atom is 0.118 e. The summed E-state index contributed by atoms with van der Waals surface area (Å²) in [6.07, 6.45) is 1.92. The summed E-state index contributed by atoms with van der Waals surface area (Å²) in [6, 6.07) is 10.4. The van der Waals surface area contributed by atoms with Gasteiger partial charge in [-0.05, 0) is 47.5 Å². The average Bonchev–Trinajstić information content (AvgIpc) is 2.88. The third kappa shape index (κ3) is 2.92. The zero-order valence-electron chi connectivity index (χ0n) is 10.8. The quantitative estimate of drug-likeness (QED) is 0.893. The monoisotopic (exact) mass is 261 g/mol. The predicted molar refractivity (Wildman–Crippen MR) is 77.3 cm³/mol. The van der Waals surface area contributed by atoms with E-state index in [-0.39, 0.29) is 6.04 Å². The fourth-order valence-electron chi connectivity index (χ4n) is 2.07. The Balaban J connectivity index is 2.08. The van der Waals surface area contributed by atoms with Gasteiger partial charge in [0.15, 0.2) is 0 Å². The molecule has 2 aromatic rings. The van der Waals surface area contributed by atoms with Crippen LogP contribution in [-0.4, -0.2) is 7.11 Å². The van der Waals surface area contributed by atoms with E-state index in [1.165, 1.54) is 16.0 Å². The van der Waals surface area contributed by atoms with Gasteiger partial charge in [-0.1, -0.05) is 19.1 Å². The van der Waals surface area contributed by atoms with Crippen LogP contribution in [0.15, 0.2) is 35.7 Å². The summed E-state index contributed by atoms with van der Waals surface area (Å²) in [5.74, 6) is 0.887. The number of benzene rings is 1. The molecule has 0 bridgehead atoms. The van der Waals surface area contributed by atoms with Gasteiger partial charge < -0.3 is 10.5 Å². The van der Waals surface area contributed by atoms with Crippen LogP contribution in [0.2, 0.25) is 0 Å². The number of aryl methyl sites for hydroxylation is 1. The van der Waals surface area contributed by atoms with Crippen LogP contribution in [-0.2, 0) is 12.8 Å². The van der Waals surface area contributed by atoms with Crippen molar-refractivity contribution in [1.82, 2.24) is 0 Å². The van der Waals surface area contributed by atoms with Crippen molar-refractivity contribution >= 4 is 11.3 Å². The van der Waals surface area contributed by atoms with Crippen LogP contribution in [0.25, 0.3) is 0 Å². The minimum atomic E-state index is 0.0911. The van der Waals surface area contributed by atoms with Crippen LogP contribution in [0.3, 0.4) is 0 Å². The van der Waals surface area contributed by atoms with E-state index in [4.69, 9.17) is 10.5 Å². The molecule has 2 N–H and O–H groups in total. The van der Waals surface area contributed by atoms with E-state index < -0.39 is 0 Å². The molecule has 1 atom stereocenters. The number of hydrogen-bond acceptors (Lipinski definition) is 3. The minimum Gasteiger partial charge on any atom is -0.497 e. The van der Waals surface area contributed by atoms with Crippen molar-refractivity contribution in [2.75, 3.05) is 7.11 Å². The van der Waals surface area contributed by atoms with Crippen molar-refractivity contribution in [2.45, 2.75) is 25.8 Å². The zero-order valence-corrected chi connectivity index (χ0v) is 11.7. The fraction of sp³-hybridized carbons (Fsp3) is 0.333. The molecule has 3 heteroatoms. The molecule has 0 fully saturated rings. The third-order valence-corrected chi connectivity index (χ3v) is 4.20. The first-order chi connectivity index (χ1) is 8.74. The van der Waals surface area contributed by atoms with E-state index in [1.807, 2.05) is 12.1 Å². The molecule has 0 spiro atoms. The molecule has 1 unspecified atom stereocenters. The highest BCUT2D eigenvalue weighted by molar-refractivity contribution is 7.10. The molecular formula is C15H19NOS. The molecule has 0 amide bonds. The largest absolute Gasteiger partial charge is 0.497 e. The summed E-state index contributed by atoms with van der Waals surface area (Å²) in [5.41, 5.74) is 8.92. The van der Waals surface area contributed by atoms with Gasteiger partial charge in [-0.25, -0.2) is 0 Å². The second kappa shape index (κ2) is 6.03. The summed E-state index contributed by atoms with van der Waals surface area (Å²) in [4.78, 5) is 1.31. The van der Waals surface area contributed by atoms with Gasteiger partial charge in [0, 0.05) is 10.9 Å². The molecule has 0 aliphatic heterocycles. The summed E-state index contributed by atoms with van der Waals surface area (Å²) >= 11 is 1.76. The Bertz CT molecular complexity index is 489. The van der Waals surface area contributed by atoms with Crippen LogP contribution in [0, 0.1) is 0 Å². The maximum absolute atomic E-state index is 6.30. The van der Waals surface area contributed by atoms with E-state index in [1.54, 1.807) is 18.4 Å². The van der Waals surface area contributed by atoms with Crippen molar-refractivity contribution in [3.63, 3.8) is 0 Å². The molecule has 0 aliphatic carbocycles. The van der Waals surface area contributed by atoms with Crippen LogP contribution < -0.4 is 10.5 Å². The molecule has 0 saturated heterocycles. The number of methoxy groups -OCH3 is 1. The molecular weight excluding hydrogens is 242 g/mol. The standard InChI is InChI=1S/C15H19NOS/c1-3-12-8-9-18-15(12)14(16)10-11-4-6-13(17-2)7-5-11/h4-9,14H,3,10,16H2,1-2H3. The Morgan fingerprint density at radius 2 is 1.94 bits per heavy atom. The van der Waals surface area contributed by atoms with Gasteiger partial charge in [0.2, 0.25) is 0 Å². The van der Waals surface area contributed by atoms with Crippen LogP contribution >= 0.6 is 11.3 Å². The lowest BCUT2D eigenvalue weighted by molar-refractivity contribution is 0.414. The summed E-state index contributed by atoms with van der Waals surface area (Å²) in [7, 11) is 1.68. The predicted octanol–water partition coefficient (Wildman–Crippen LogP) is 3.56. The Morgan fingerprint density at radius 3 is 2.56 bits per heavy atom. The topological polar surface area (TPSA) is 35.2 Å². The molecule has 2 rings (SSSR count). The van der Waals surface area contributed by atoms with E-state index in [9.17, 15) is 0 Å². The third-order valence-electron chi connectivity index (χ3n) is 3.11. The van der Waals surface area contributed by atoms with Crippen molar-refractivity contribution < 1.29 is 4.74 Å². The first kappa shape index (κ1) is 13.1. The van der Waals surface area contributed by atoms with E-state index in [0.29, 0.717) is 0 Å². The van der Waals surface area contributed by atoms with Crippen LogP contribution in [0.1, 0.15) is 29.0 Å². The Kier molecular flexibility index (Phi) is 4.39. The van der Waals surface area contributed by atoms with Crippen molar-refractivity contribution in [2.24, 2.45) is 5.73 Å². The van der Waals surface area contributed by atoms with E-state index >= 15 is 0 Å². The first-order valence-corrected chi connectivity index (χ1v) is 7.07. The average molecular weight is 261 g/mol. The second-order valence-electron chi connectivity index (χ2n) is 4.32. The molecule has 96 valence electrons. The van der Waals surface area contributed by atoms with E-state index in [2.05, 4.69) is 30.5 Å². The Hall–Kier alpha value is -1.32. The molecule has 0 aliphatic rings. The Morgan fingerprint density at radius 1 is 1.22 bits per heavy atom. The van der Waals surface area contributed by atoms with Gasteiger partial charge in [0.05, 0.1) is 7.11 Å². The highest BCUT2D eigenvalue weighted by atomic mass is 32.1. The lowest BCUT2D eigenvalue weighted by Crippen LogP contribution is -2.13.